The Morgan fingerprint density at radius 2 is 2.00 bits per heavy atom. The van der Waals surface area contributed by atoms with Crippen LogP contribution in [0.3, 0.4) is 0 Å². The molecule has 17 heavy (non-hydrogen) atoms. The maximum atomic E-state index is 11.6. The first kappa shape index (κ1) is 11.8. The second kappa shape index (κ2) is 4.67. The first-order chi connectivity index (χ1) is 8.13. The molecule has 5 nitrogen and oxygen atoms in total. The van der Waals surface area contributed by atoms with Crippen LogP contribution >= 0.6 is 15.9 Å². The third-order valence-corrected chi connectivity index (χ3v) is 2.85. The fourth-order valence-electron chi connectivity index (χ4n) is 1.48. The SMILES string of the molecule is COC(=O)c1c(-c2ccc(Br)cc2)nnn1C. The highest BCUT2D eigenvalue weighted by Crippen LogP contribution is 2.23. The van der Waals surface area contributed by atoms with Crippen molar-refractivity contribution in [2.75, 3.05) is 7.11 Å². The molecule has 2 rings (SSSR count). The normalized spacial score (nSPS) is 10.3. The molecule has 0 aliphatic carbocycles. The Hall–Kier alpha value is -1.69. The Morgan fingerprint density at radius 1 is 1.35 bits per heavy atom. The van der Waals surface area contributed by atoms with Gasteiger partial charge in [-0.2, -0.15) is 0 Å². The maximum Gasteiger partial charge on any atom is 0.358 e. The van der Waals surface area contributed by atoms with E-state index in [9.17, 15) is 4.79 Å². The number of methoxy groups -OCH3 is 1. The first-order valence-electron chi connectivity index (χ1n) is 4.87. The van der Waals surface area contributed by atoms with Gasteiger partial charge in [0, 0.05) is 17.1 Å². The van der Waals surface area contributed by atoms with Crippen LogP contribution in [0.2, 0.25) is 0 Å². The molecule has 0 unspecified atom stereocenters. The molecule has 1 heterocycles. The van der Waals surface area contributed by atoms with Gasteiger partial charge in [0.15, 0.2) is 5.69 Å². The number of ether oxygens (including phenoxy) is 1. The molecule has 0 saturated heterocycles. The molecule has 0 radical (unpaired) electrons. The van der Waals surface area contributed by atoms with Gasteiger partial charge < -0.3 is 4.74 Å². The molecular weight excluding hydrogens is 286 g/mol. The minimum atomic E-state index is -0.449. The Morgan fingerprint density at radius 3 is 2.59 bits per heavy atom. The van der Waals surface area contributed by atoms with Crippen LogP contribution in [-0.4, -0.2) is 28.1 Å². The lowest BCUT2D eigenvalue weighted by molar-refractivity contribution is 0.0589. The number of carbonyl (C=O) groups excluding carboxylic acids is 1. The van der Waals surface area contributed by atoms with Gasteiger partial charge in [-0.05, 0) is 12.1 Å². The summed E-state index contributed by atoms with van der Waals surface area (Å²) in [5.74, 6) is -0.449. The van der Waals surface area contributed by atoms with Gasteiger partial charge in [0.05, 0.1) is 7.11 Å². The van der Waals surface area contributed by atoms with Crippen molar-refractivity contribution in [2.24, 2.45) is 7.05 Å². The number of hydrogen-bond donors (Lipinski definition) is 0. The van der Waals surface area contributed by atoms with Crippen molar-refractivity contribution in [2.45, 2.75) is 0 Å². The maximum absolute atomic E-state index is 11.6. The second-order valence-corrected chi connectivity index (χ2v) is 4.32. The quantitative estimate of drug-likeness (QED) is 0.796. The van der Waals surface area contributed by atoms with E-state index in [1.165, 1.54) is 11.8 Å². The Balaban J connectivity index is 2.52. The zero-order valence-electron chi connectivity index (χ0n) is 9.35. The van der Waals surface area contributed by atoms with Gasteiger partial charge >= 0.3 is 5.97 Å². The molecule has 0 atom stereocenters. The van der Waals surface area contributed by atoms with Gasteiger partial charge in [-0.25, -0.2) is 9.48 Å². The smallest absolute Gasteiger partial charge is 0.358 e. The monoisotopic (exact) mass is 295 g/mol. The molecule has 0 aliphatic heterocycles. The van der Waals surface area contributed by atoms with Crippen LogP contribution in [0.4, 0.5) is 0 Å². The van der Waals surface area contributed by atoms with Crippen molar-refractivity contribution in [3.63, 3.8) is 0 Å². The summed E-state index contributed by atoms with van der Waals surface area (Å²) in [5, 5.41) is 7.82. The van der Waals surface area contributed by atoms with Gasteiger partial charge in [-0.3, -0.25) is 0 Å². The standard InChI is InChI=1S/C11H10BrN3O2/c1-15-10(11(16)17-2)9(13-14-15)7-3-5-8(12)6-4-7/h3-6H,1-2H3. The van der Waals surface area contributed by atoms with Crippen LogP contribution in [0, 0.1) is 0 Å². The highest BCUT2D eigenvalue weighted by Gasteiger charge is 2.20. The average Bonchev–Trinajstić information content (AvgIpc) is 2.71. The predicted octanol–water partition coefficient (Wildman–Crippen LogP) is 2.03. The molecule has 0 N–H and O–H groups in total. The molecule has 0 saturated carbocycles. The summed E-state index contributed by atoms with van der Waals surface area (Å²) in [6.45, 7) is 0. The summed E-state index contributed by atoms with van der Waals surface area (Å²) in [6, 6.07) is 7.48. The van der Waals surface area contributed by atoms with Crippen molar-refractivity contribution in [1.29, 1.82) is 0 Å². The summed E-state index contributed by atoms with van der Waals surface area (Å²) >= 11 is 3.35. The minimum absolute atomic E-state index is 0.342. The number of esters is 1. The summed E-state index contributed by atoms with van der Waals surface area (Å²) in [7, 11) is 2.99. The van der Waals surface area contributed by atoms with E-state index in [2.05, 4.69) is 26.2 Å². The van der Waals surface area contributed by atoms with Gasteiger partial charge in [-0.15, -0.1) is 5.10 Å². The largest absolute Gasteiger partial charge is 0.464 e. The molecular formula is C11H10BrN3O2. The summed E-state index contributed by atoms with van der Waals surface area (Å²) in [6.07, 6.45) is 0. The third kappa shape index (κ3) is 2.21. The molecule has 2 aromatic rings. The Labute approximate surface area is 107 Å². The number of benzene rings is 1. The van der Waals surface area contributed by atoms with E-state index >= 15 is 0 Å². The number of carbonyl (C=O) groups is 1. The molecule has 1 aromatic heterocycles. The molecule has 0 aliphatic rings. The highest BCUT2D eigenvalue weighted by molar-refractivity contribution is 9.10. The third-order valence-electron chi connectivity index (χ3n) is 2.32. The van der Waals surface area contributed by atoms with Crippen LogP contribution in [0.5, 0.6) is 0 Å². The van der Waals surface area contributed by atoms with E-state index < -0.39 is 5.97 Å². The Bertz CT molecular complexity index is 548. The first-order valence-corrected chi connectivity index (χ1v) is 5.66. The van der Waals surface area contributed by atoms with Crippen LogP contribution in [-0.2, 0) is 11.8 Å². The Kier molecular flexibility index (Phi) is 3.23. The van der Waals surface area contributed by atoms with E-state index in [-0.39, 0.29) is 0 Å². The number of aromatic nitrogens is 3. The minimum Gasteiger partial charge on any atom is -0.464 e. The number of nitrogens with zero attached hydrogens (tertiary/aromatic N) is 3. The summed E-state index contributed by atoms with van der Waals surface area (Å²) < 4.78 is 7.08. The van der Waals surface area contributed by atoms with E-state index in [0.29, 0.717) is 11.4 Å². The van der Waals surface area contributed by atoms with E-state index in [1.54, 1.807) is 7.05 Å². The molecule has 0 bridgehead atoms. The van der Waals surface area contributed by atoms with Gasteiger partial charge in [0.25, 0.3) is 0 Å². The molecule has 1 aromatic carbocycles. The topological polar surface area (TPSA) is 57.0 Å². The van der Waals surface area contributed by atoms with Crippen molar-refractivity contribution < 1.29 is 9.53 Å². The van der Waals surface area contributed by atoms with Crippen LogP contribution in [0.25, 0.3) is 11.3 Å². The fraction of sp³-hybridized carbons (Fsp3) is 0.182. The van der Waals surface area contributed by atoms with Crippen LogP contribution < -0.4 is 0 Å². The zero-order chi connectivity index (χ0) is 12.4. The number of rotatable bonds is 2. The number of halogens is 1. The van der Waals surface area contributed by atoms with Crippen molar-refractivity contribution >= 4 is 21.9 Å². The number of aryl methyl sites for hydroxylation is 1. The van der Waals surface area contributed by atoms with Gasteiger partial charge in [0.1, 0.15) is 5.69 Å². The molecule has 88 valence electrons. The molecule has 0 spiro atoms. The zero-order valence-corrected chi connectivity index (χ0v) is 10.9. The predicted molar refractivity (Wildman–Crippen MR) is 65.5 cm³/mol. The van der Waals surface area contributed by atoms with Crippen LogP contribution in [0.15, 0.2) is 28.7 Å². The van der Waals surface area contributed by atoms with Crippen molar-refractivity contribution in [1.82, 2.24) is 15.0 Å². The number of hydrogen-bond acceptors (Lipinski definition) is 4. The lowest BCUT2D eigenvalue weighted by atomic mass is 10.1. The van der Waals surface area contributed by atoms with E-state index in [0.717, 1.165) is 10.0 Å². The van der Waals surface area contributed by atoms with Crippen LogP contribution in [0.1, 0.15) is 10.5 Å². The summed E-state index contributed by atoms with van der Waals surface area (Å²) in [4.78, 5) is 11.6. The summed E-state index contributed by atoms with van der Waals surface area (Å²) in [5.41, 5.74) is 1.68. The fourth-order valence-corrected chi connectivity index (χ4v) is 1.75. The van der Waals surface area contributed by atoms with Crippen molar-refractivity contribution in [3.8, 4) is 11.3 Å². The van der Waals surface area contributed by atoms with Crippen molar-refractivity contribution in [3.05, 3.63) is 34.4 Å². The average molecular weight is 296 g/mol. The van der Waals surface area contributed by atoms with Gasteiger partial charge in [-0.1, -0.05) is 33.3 Å². The molecule has 6 heteroatoms. The highest BCUT2D eigenvalue weighted by atomic mass is 79.9. The van der Waals surface area contributed by atoms with E-state index in [4.69, 9.17) is 4.74 Å². The molecule has 0 fully saturated rings. The van der Waals surface area contributed by atoms with Gasteiger partial charge in [0.2, 0.25) is 0 Å². The lowest BCUT2D eigenvalue weighted by Gasteiger charge is -2.02. The second-order valence-electron chi connectivity index (χ2n) is 3.41. The van der Waals surface area contributed by atoms with E-state index in [1.807, 2.05) is 24.3 Å². The lowest BCUT2D eigenvalue weighted by Crippen LogP contribution is -2.09. The molecule has 0 amide bonds.